The van der Waals surface area contributed by atoms with Gasteiger partial charge in [-0.1, -0.05) is 23.7 Å². The predicted molar refractivity (Wildman–Crippen MR) is 79.6 cm³/mol. The number of nitrogens with zero attached hydrogens (tertiary/aromatic N) is 1. The highest BCUT2D eigenvalue weighted by Crippen LogP contribution is 2.23. The number of aliphatic hydroxyl groups is 1. The molecule has 21 heavy (non-hydrogen) atoms. The van der Waals surface area contributed by atoms with Crippen LogP contribution in [-0.4, -0.2) is 54.4 Å². The summed E-state index contributed by atoms with van der Waals surface area (Å²) in [6.07, 6.45) is -0.0251. The van der Waals surface area contributed by atoms with Crippen molar-refractivity contribution in [3.63, 3.8) is 0 Å². The van der Waals surface area contributed by atoms with Crippen molar-refractivity contribution < 1.29 is 19.4 Å². The highest BCUT2D eigenvalue weighted by molar-refractivity contribution is 6.32. The van der Waals surface area contributed by atoms with Crippen molar-refractivity contribution in [1.29, 1.82) is 0 Å². The van der Waals surface area contributed by atoms with Gasteiger partial charge in [-0.15, -0.1) is 0 Å². The quantitative estimate of drug-likeness (QED) is 0.899. The van der Waals surface area contributed by atoms with Gasteiger partial charge in [-0.2, -0.15) is 0 Å². The number of amides is 1. The molecule has 1 aliphatic rings. The molecule has 0 saturated carbocycles. The molecule has 1 N–H and O–H groups in total. The number of rotatable bonds is 5. The summed E-state index contributed by atoms with van der Waals surface area (Å²) in [5, 5.41) is 9.66. The summed E-state index contributed by atoms with van der Waals surface area (Å²) in [4.78, 5) is 14.0. The molecule has 116 valence electrons. The number of aliphatic hydroxyl groups excluding tert-OH is 1. The van der Waals surface area contributed by atoms with Crippen molar-refractivity contribution in [2.75, 3.05) is 26.4 Å². The number of ether oxygens (including phenoxy) is 2. The molecule has 1 aliphatic heterocycles. The van der Waals surface area contributed by atoms with E-state index in [0.29, 0.717) is 23.9 Å². The van der Waals surface area contributed by atoms with Crippen molar-refractivity contribution in [3.05, 3.63) is 29.3 Å². The maximum atomic E-state index is 12.2. The Morgan fingerprint density at radius 3 is 3.00 bits per heavy atom. The molecular weight excluding hydrogens is 294 g/mol. The monoisotopic (exact) mass is 313 g/mol. The number of hydrogen-bond acceptors (Lipinski definition) is 4. The lowest BCUT2D eigenvalue weighted by Crippen LogP contribution is -2.52. The van der Waals surface area contributed by atoms with E-state index in [-0.39, 0.29) is 37.7 Å². The topological polar surface area (TPSA) is 59.0 Å². The van der Waals surface area contributed by atoms with E-state index in [1.165, 1.54) is 0 Å². The molecule has 1 aromatic rings. The molecule has 0 aromatic heterocycles. The summed E-state index contributed by atoms with van der Waals surface area (Å²) < 4.78 is 10.9. The van der Waals surface area contributed by atoms with Crippen LogP contribution in [0.1, 0.15) is 13.3 Å². The Labute approximate surface area is 129 Å². The largest absolute Gasteiger partial charge is 0.491 e. The highest BCUT2D eigenvalue weighted by atomic mass is 35.5. The van der Waals surface area contributed by atoms with Gasteiger partial charge in [0.25, 0.3) is 0 Å². The van der Waals surface area contributed by atoms with E-state index in [9.17, 15) is 4.79 Å². The van der Waals surface area contributed by atoms with Gasteiger partial charge < -0.3 is 19.5 Å². The van der Waals surface area contributed by atoms with Crippen LogP contribution in [0.3, 0.4) is 0 Å². The first-order chi connectivity index (χ1) is 10.1. The molecule has 0 radical (unpaired) electrons. The number of para-hydroxylation sites is 1. The van der Waals surface area contributed by atoms with Gasteiger partial charge in [0.15, 0.2) is 0 Å². The molecular formula is C15H20ClNO4. The Kier molecular flexibility index (Phi) is 5.85. The maximum Gasteiger partial charge on any atom is 0.226 e. The van der Waals surface area contributed by atoms with Crippen LogP contribution in [0, 0.1) is 0 Å². The smallest absolute Gasteiger partial charge is 0.226 e. The number of benzene rings is 1. The molecule has 2 atom stereocenters. The third kappa shape index (κ3) is 4.33. The zero-order chi connectivity index (χ0) is 15.2. The Hall–Kier alpha value is -1.30. The minimum absolute atomic E-state index is 0.00342. The number of morpholine rings is 1. The molecule has 5 nitrogen and oxygen atoms in total. The molecule has 1 fully saturated rings. The normalized spacial score (nSPS) is 22.1. The summed E-state index contributed by atoms with van der Waals surface area (Å²) in [7, 11) is 0. The minimum atomic E-state index is -0.297. The third-order valence-corrected chi connectivity index (χ3v) is 3.75. The van der Waals surface area contributed by atoms with Gasteiger partial charge >= 0.3 is 0 Å². The Morgan fingerprint density at radius 1 is 1.52 bits per heavy atom. The summed E-state index contributed by atoms with van der Waals surface area (Å²) in [6.45, 7) is 2.99. The third-order valence-electron chi connectivity index (χ3n) is 3.44. The molecule has 0 spiro atoms. The molecule has 0 aliphatic carbocycles. The van der Waals surface area contributed by atoms with Crippen LogP contribution in [0.2, 0.25) is 5.02 Å². The lowest BCUT2D eigenvalue weighted by Gasteiger charge is -2.37. The lowest BCUT2D eigenvalue weighted by molar-refractivity contribution is -0.146. The highest BCUT2D eigenvalue weighted by Gasteiger charge is 2.28. The SMILES string of the molecule is CC1COC(CO)CN1C(=O)CCOc1ccccc1Cl. The molecule has 0 bridgehead atoms. The zero-order valence-corrected chi connectivity index (χ0v) is 12.8. The van der Waals surface area contributed by atoms with Gasteiger partial charge in [0.1, 0.15) is 5.75 Å². The van der Waals surface area contributed by atoms with Crippen molar-refractivity contribution in [1.82, 2.24) is 4.90 Å². The van der Waals surface area contributed by atoms with E-state index in [1.807, 2.05) is 19.1 Å². The van der Waals surface area contributed by atoms with Crippen LogP contribution in [0.15, 0.2) is 24.3 Å². The molecule has 2 rings (SSSR count). The van der Waals surface area contributed by atoms with Gasteiger partial charge in [0.2, 0.25) is 5.91 Å². The second kappa shape index (κ2) is 7.64. The molecule has 1 saturated heterocycles. The van der Waals surface area contributed by atoms with E-state index in [0.717, 1.165) is 0 Å². The summed E-state index contributed by atoms with van der Waals surface area (Å²) in [5.74, 6) is 0.575. The Balaban J connectivity index is 1.82. The fraction of sp³-hybridized carbons (Fsp3) is 0.533. The fourth-order valence-electron chi connectivity index (χ4n) is 2.23. The second-order valence-corrected chi connectivity index (χ2v) is 5.47. The first-order valence-electron chi connectivity index (χ1n) is 7.01. The Bertz CT molecular complexity index is 482. The van der Waals surface area contributed by atoms with Crippen LogP contribution < -0.4 is 4.74 Å². The van der Waals surface area contributed by atoms with Crippen LogP contribution in [0.25, 0.3) is 0 Å². The Morgan fingerprint density at radius 2 is 2.29 bits per heavy atom. The molecule has 1 heterocycles. The lowest BCUT2D eigenvalue weighted by atomic mass is 10.2. The van der Waals surface area contributed by atoms with Gasteiger partial charge in [-0.05, 0) is 19.1 Å². The van der Waals surface area contributed by atoms with Crippen molar-refractivity contribution in [3.8, 4) is 5.75 Å². The van der Waals surface area contributed by atoms with E-state index in [2.05, 4.69) is 0 Å². The number of hydrogen-bond donors (Lipinski definition) is 1. The average Bonchev–Trinajstić information content (AvgIpc) is 2.49. The van der Waals surface area contributed by atoms with Crippen LogP contribution in [0.5, 0.6) is 5.75 Å². The van der Waals surface area contributed by atoms with E-state index in [4.69, 9.17) is 26.2 Å². The predicted octanol–water partition coefficient (Wildman–Crippen LogP) is 1.72. The van der Waals surface area contributed by atoms with Crippen molar-refractivity contribution >= 4 is 17.5 Å². The average molecular weight is 314 g/mol. The fourth-order valence-corrected chi connectivity index (χ4v) is 2.42. The molecule has 2 unspecified atom stereocenters. The summed E-state index contributed by atoms with van der Waals surface area (Å²) in [6, 6.07) is 7.19. The number of halogens is 1. The molecule has 6 heteroatoms. The van der Waals surface area contributed by atoms with Gasteiger partial charge in [0, 0.05) is 6.54 Å². The van der Waals surface area contributed by atoms with Crippen LogP contribution >= 0.6 is 11.6 Å². The second-order valence-electron chi connectivity index (χ2n) is 5.06. The van der Waals surface area contributed by atoms with Crippen molar-refractivity contribution in [2.24, 2.45) is 0 Å². The van der Waals surface area contributed by atoms with E-state index >= 15 is 0 Å². The number of carbonyl (C=O) groups excluding carboxylic acids is 1. The van der Waals surface area contributed by atoms with Crippen LogP contribution in [-0.2, 0) is 9.53 Å². The zero-order valence-electron chi connectivity index (χ0n) is 12.0. The maximum absolute atomic E-state index is 12.2. The number of carbonyl (C=O) groups is 1. The summed E-state index contributed by atoms with van der Waals surface area (Å²) in [5.41, 5.74) is 0. The first kappa shape index (κ1) is 16.1. The summed E-state index contributed by atoms with van der Waals surface area (Å²) >= 11 is 5.98. The standard InChI is InChI=1S/C15H20ClNO4/c1-11-10-21-12(9-18)8-17(11)15(19)6-7-20-14-5-3-2-4-13(14)16/h2-5,11-12,18H,6-10H2,1H3. The van der Waals surface area contributed by atoms with Gasteiger partial charge in [-0.3, -0.25) is 4.79 Å². The molecule has 1 aromatic carbocycles. The molecule has 1 amide bonds. The van der Waals surface area contributed by atoms with Gasteiger partial charge in [-0.25, -0.2) is 0 Å². The van der Waals surface area contributed by atoms with Crippen molar-refractivity contribution in [2.45, 2.75) is 25.5 Å². The van der Waals surface area contributed by atoms with E-state index in [1.54, 1.807) is 17.0 Å². The minimum Gasteiger partial charge on any atom is -0.491 e. The van der Waals surface area contributed by atoms with Crippen LogP contribution in [0.4, 0.5) is 0 Å². The van der Waals surface area contributed by atoms with E-state index < -0.39 is 0 Å². The first-order valence-corrected chi connectivity index (χ1v) is 7.39. The van der Waals surface area contributed by atoms with Gasteiger partial charge in [0.05, 0.1) is 43.4 Å².